The molecule has 0 spiro atoms. The third-order valence-electron chi connectivity index (χ3n) is 3.32. The van der Waals surface area contributed by atoms with Crippen LogP contribution in [-0.2, 0) is 11.3 Å². The zero-order valence-corrected chi connectivity index (χ0v) is 11.7. The minimum atomic E-state index is -0.0766. The van der Waals surface area contributed by atoms with E-state index in [1.165, 1.54) is 0 Å². The Bertz CT molecular complexity index is 467. The van der Waals surface area contributed by atoms with Gasteiger partial charge in [0.25, 0.3) is 5.91 Å². The van der Waals surface area contributed by atoms with Gasteiger partial charge in [-0.2, -0.15) is 0 Å². The van der Waals surface area contributed by atoms with Gasteiger partial charge in [0.1, 0.15) is 0 Å². The molecule has 0 atom stereocenters. The highest BCUT2D eigenvalue weighted by atomic mass is 16.2. The molecule has 0 aromatic heterocycles. The summed E-state index contributed by atoms with van der Waals surface area (Å²) in [5.41, 5.74) is 1.78. The highest BCUT2D eigenvalue weighted by Gasteiger charge is 2.28. The van der Waals surface area contributed by atoms with Gasteiger partial charge in [0, 0.05) is 38.2 Å². The van der Waals surface area contributed by atoms with E-state index in [1.807, 2.05) is 24.3 Å². The number of carbonyl (C=O) groups is 2. The first-order valence-corrected chi connectivity index (χ1v) is 7.00. The maximum atomic E-state index is 11.4. The second-order valence-corrected chi connectivity index (χ2v) is 5.02. The Morgan fingerprint density at radius 2 is 1.85 bits per heavy atom. The van der Waals surface area contributed by atoms with Gasteiger partial charge in [0.05, 0.1) is 0 Å². The summed E-state index contributed by atoms with van der Waals surface area (Å²) in [5, 5.41) is 8.76. The predicted molar refractivity (Wildman–Crippen MR) is 77.3 cm³/mol. The summed E-state index contributed by atoms with van der Waals surface area (Å²) in [4.78, 5) is 22.8. The van der Waals surface area contributed by atoms with E-state index in [0.717, 1.165) is 31.5 Å². The van der Waals surface area contributed by atoms with E-state index in [2.05, 4.69) is 16.0 Å². The lowest BCUT2D eigenvalue weighted by Crippen LogP contribution is -2.32. The molecule has 0 radical (unpaired) electrons. The minimum Gasteiger partial charge on any atom is -0.355 e. The monoisotopic (exact) mass is 275 g/mol. The van der Waals surface area contributed by atoms with Gasteiger partial charge in [0.2, 0.25) is 5.91 Å². The van der Waals surface area contributed by atoms with Crippen molar-refractivity contribution in [1.29, 1.82) is 0 Å². The SMILES string of the molecule is CNC(=O)c1ccc(CNCCNC(=O)C2CC2)cc1. The molecule has 2 amide bonds. The highest BCUT2D eigenvalue weighted by Crippen LogP contribution is 2.28. The molecule has 3 N–H and O–H groups in total. The van der Waals surface area contributed by atoms with E-state index in [9.17, 15) is 9.59 Å². The average Bonchev–Trinajstić information content (AvgIpc) is 3.31. The Hall–Kier alpha value is -1.88. The first-order valence-electron chi connectivity index (χ1n) is 7.00. The van der Waals surface area contributed by atoms with Crippen LogP contribution in [0, 0.1) is 5.92 Å². The van der Waals surface area contributed by atoms with E-state index in [0.29, 0.717) is 12.1 Å². The zero-order chi connectivity index (χ0) is 14.4. The Morgan fingerprint density at radius 1 is 1.15 bits per heavy atom. The largest absolute Gasteiger partial charge is 0.355 e. The first-order chi connectivity index (χ1) is 9.70. The van der Waals surface area contributed by atoms with Gasteiger partial charge < -0.3 is 16.0 Å². The van der Waals surface area contributed by atoms with Gasteiger partial charge in [-0.15, -0.1) is 0 Å². The molecule has 1 saturated carbocycles. The van der Waals surface area contributed by atoms with Crippen LogP contribution in [0.25, 0.3) is 0 Å². The summed E-state index contributed by atoms with van der Waals surface area (Å²) in [7, 11) is 1.62. The van der Waals surface area contributed by atoms with Crippen molar-refractivity contribution in [3.63, 3.8) is 0 Å². The number of rotatable bonds is 7. The maximum absolute atomic E-state index is 11.4. The molecule has 1 aliphatic rings. The topological polar surface area (TPSA) is 70.2 Å². The fraction of sp³-hybridized carbons (Fsp3) is 0.467. The van der Waals surface area contributed by atoms with Gasteiger partial charge in [-0.3, -0.25) is 9.59 Å². The molecule has 2 rings (SSSR count). The predicted octanol–water partition coefficient (Wildman–Crippen LogP) is 0.662. The quantitative estimate of drug-likeness (QED) is 0.640. The Balaban J connectivity index is 1.63. The smallest absolute Gasteiger partial charge is 0.251 e. The summed E-state index contributed by atoms with van der Waals surface area (Å²) in [6.07, 6.45) is 2.08. The van der Waals surface area contributed by atoms with Crippen molar-refractivity contribution >= 4 is 11.8 Å². The van der Waals surface area contributed by atoms with Gasteiger partial charge in [-0.05, 0) is 30.5 Å². The van der Waals surface area contributed by atoms with Crippen molar-refractivity contribution in [2.24, 2.45) is 5.92 Å². The molecule has 0 heterocycles. The molecule has 1 aromatic carbocycles. The van der Waals surface area contributed by atoms with Crippen molar-refractivity contribution in [2.75, 3.05) is 20.1 Å². The highest BCUT2D eigenvalue weighted by molar-refractivity contribution is 5.93. The van der Waals surface area contributed by atoms with Crippen LogP contribution < -0.4 is 16.0 Å². The molecule has 5 nitrogen and oxygen atoms in total. The average molecular weight is 275 g/mol. The number of amides is 2. The number of hydrogen-bond acceptors (Lipinski definition) is 3. The molecule has 0 saturated heterocycles. The molecular formula is C15H21N3O2. The van der Waals surface area contributed by atoms with Crippen LogP contribution >= 0.6 is 0 Å². The second kappa shape index (κ2) is 7.05. The third kappa shape index (κ3) is 4.35. The van der Waals surface area contributed by atoms with Crippen molar-refractivity contribution in [1.82, 2.24) is 16.0 Å². The molecule has 0 bridgehead atoms. The Kier molecular flexibility index (Phi) is 5.12. The molecule has 1 fully saturated rings. The number of benzene rings is 1. The molecule has 20 heavy (non-hydrogen) atoms. The lowest BCUT2D eigenvalue weighted by Gasteiger charge is -2.07. The van der Waals surface area contributed by atoms with Crippen LogP contribution in [-0.4, -0.2) is 32.0 Å². The Labute approximate surface area is 119 Å². The lowest BCUT2D eigenvalue weighted by molar-refractivity contribution is -0.122. The molecule has 5 heteroatoms. The molecule has 0 aliphatic heterocycles. The van der Waals surface area contributed by atoms with Gasteiger partial charge in [-0.25, -0.2) is 0 Å². The van der Waals surface area contributed by atoms with Crippen molar-refractivity contribution in [3.8, 4) is 0 Å². The zero-order valence-electron chi connectivity index (χ0n) is 11.7. The van der Waals surface area contributed by atoms with Crippen LogP contribution in [0.4, 0.5) is 0 Å². The maximum Gasteiger partial charge on any atom is 0.251 e. The van der Waals surface area contributed by atoms with Gasteiger partial charge >= 0.3 is 0 Å². The molecule has 108 valence electrons. The summed E-state index contributed by atoms with van der Waals surface area (Å²) in [6.45, 7) is 2.13. The molecule has 1 aliphatic carbocycles. The minimum absolute atomic E-state index is 0.0766. The van der Waals surface area contributed by atoms with Crippen molar-refractivity contribution in [3.05, 3.63) is 35.4 Å². The van der Waals surface area contributed by atoms with E-state index in [1.54, 1.807) is 7.05 Å². The van der Waals surface area contributed by atoms with Crippen LogP contribution in [0.3, 0.4) is 0 Å². The summed E-state index contributed by atoms with van der Waals surface area (Å²) >= 11 is 0. The van der Waals surface area contributed by atoms with Crippen LogP contribution in [0.15, 0.2) is 24.3 Å². The molecular weight excluding hydrogens is 254 g/mol. The van der Waals surface area contributed by atoms with Gasteiger partial charge in [0.15, 0.2) is 0 Å². The number of hydrogen-bond donors (Lipinski definition) is 3. The normalized spacial score (nSPS) is 13.8. The lowest BCUT2D eigenvalue weighted by atomic mass is 10.1. The van der Waals surface area contributed by atoms with E-state index >= 15 is 0 Å². The van der Waals surface area contributed by atoms with E-state index in [-0.39, 0.29) is 17.7 Å². The van der Waals surface area contributed by atoms with E-state index < -0.39 is 0 Å². The third-order valence-corrected chi connectivity index (χ3v) is 3.32. The van der Waals surface area contributed by atoms with Crippen LogP contribution in [0.1, 0.15) is 28.8 Å². The summed E-state index contributed by atoms with van der Waals surface area (Å²) in [5.74, 6) is 0.376. The van der Waals surface area contributed by atoms with Crippen molar-refractivity contribution in [2.45, 2.75) is 19.4 Å². The number of carbonyl (C=O) groups excluding carboxylic acids is 2. The first kappa shape index (κ1) is 14.5. The Morgan fingerprint density at radius 3 is 2.45 bits per heavy atom. The molecule has 1 aromatic rings. The molecule has 0 unspecified atom stereocenters. The van der Waals surface area contributed by atoms with Crippen LogP contribution in [0.2, 0.25) is 0 Å². The summed E-state index contributed by atoms with van der Waals surface area (Å²) < 4.78 is 0. The fourth-order valence-electron chi connectivity index (χ4n) is 1.91. The van der Waals surface area contributed by atoms with Crippen LogP contribution in [0.5, 0.6) is 0 Å². The standard InChI is InChI=1S/C15H21N3O2/c1-16-14(19)12-4-2-11(3-5-12)10-17-8-9-18-15(20)13-6-7-13/h2-5,13,17H,6-10H2,1H3,(H,16,19)(H,18,20). The fourth-order valence-corrected chi connectivity index (χ4v) is 1.91. The van der Waals surface area contributed by atoms with E-state index in [4.69, 9.17) is 0 Å². The summed E-state index contributed by atoms with van der Waals surface area (Å²) in [6, 6.07) is 7.48. The number of nitrogens with one attached hydrogen (secondary N) is 3. The van der Waals surface area contributed by atoms with Crippen molar-refractivity contribution < 1.29 is 9.59 Å². The second-order valence-electron chi connectivity index (χ2n) is 5.02. The van der Waals surface area contributed by atoms with Gasteiger partial charge in [-0.1, -0.05) is 12.1 Å².